The van der Waals surface area contributed by atoms with Crippen LogP contribution >= 0.6 is 12.2 Å². The van der Waals surface area contributed by atoms with Gasteiger partial charge in [-0.05, 0) is 18.6 Å². The average molecular weight is 292 g/mol. The molecule has 8 heteroatoms. The predicted octanol–water partition coefficient (Wildman–Crippen LogP) is -1.48. The molecule has 7 nitrogen and oxygen atoms in total. The number of methoxy groups -OCH3 is 1. The Balaban J connectivity index is 2.47. The fourth-order valence-electron chi connectivity index (χ4n) is 1.87. The number of carbonyl (C=O) groups excluding carboxylic acids is 1. The Morgan fingerprint density at radius 3 is 2.74 bits per heavy atom. The van der Waals surface area contributed by atoms with Crippen LogP contribution in [0, 0.1) is 0 Å². The van der Waals surface area contributed by atoms with Gasteiger partial charge in [0.25, 0.3) is 0 Å². The van der Waals surface area contributed by atoms with E-state index in [2.05, 4.69) is 15.4 Å². The summed E-state index contributed by atoms with van der Waals surface area (Å²) in [6, 6.07) is -0.482. The molecule has 1 heterocycles. The largest absolute Gasteiger partial charge is 0.469 e. The SMILES string of the molecule is CNC(=S)NC1COC(CCC(=O)OC)C(O)C1O. The minimum Gasteiger partial charge on any atom is -0.469 e. The molecule has 1 aliphatic heterocycles. The van der Waals surface area contributed by atoms with Gasteiger partial charge in [0, 0.05) is 13.5 Å². The number of hydrogen-bond acceptors (Lipinski definition) is 6. The van der Waals surface area contributed by atoms with Gasteiger partial charge in [-0.3, -0.25) is 4.79 Å². The molecule has 4 N–H and O–H groups in total. The van der Waals surface area contributed by atoms with Gasteiger partial charge in [0.05, 0.1) is 25.9 Å². The van der Waals surface area contributed by atoms with Crippen molar-refractivity contribution in [2.75, 3.05) is 20.8 Å². The molecule has 0 bridgehead atoms. The third-order valence-corrected chi connectivity index (χ3v) is 3.36. The lowest BCUT2D eigenvalue weighted by atomic mass is 9.95. The number of aliphatic hydroxyl groups is 2. The van der Waals surface area contributed by atoms with Crippen molar-refractivity contribution in [2.45, 2.75) is 37.2 Å². The van der Waals surface area contributed by atoms with E-state index >= 15 is 0 Å². The number of esters is 1. The molecule has 0 radical (unpaired) electrons. The highest BCUT2D eigenvalue weighted by atomic mass is 32.1. The monoisotopic (exact) mass is 292 g/mol. The zero-order valence-corrected chi connectivity index (χ0v) is 11.8. The van der Waals surface area contributed by atoms with Crippen LogP contribution in [0.25, 0.3) is 0 Å². The summed E-state index contributed by atoms with van der Waals surface area (Å²) in [5.41, 5.74) is 0. The maximum atomic E-state index is 11.0. The lowest BCUT2D eigenvalue weighted by Crippen LogP contribution is -2.60. The van der Waals surface area contributed by atoms with Gasteiger partial charge < -0.3 is 30.3 Å². The smallest absolute Gasteiger partial charge is 0.305 e. The average Bonchev–Trinajstić information content (AvgIpc) is 2.42. The van der Waals surface area contributed by atoms with E-state index in [1.807, 2.05) is 0 Å². The molecule has 1 fully saturated rings. The van der Waals surface area contributed by atoms with Crippen LogP contribution in [0.4, 0.5) is 0 Å². The number of hydrogen-bond donors (Lipinski definition) is 4. The molecular weight excluding hydrogens is 272 g/mol. The van der Waals surface area contributed by atoms with Crippen LogP contribution < -0.4 is 10.6 Å². The lowest BCUT2D eigenvalue weighted by Gasteiger charge is -2.38. The van der Waals surface area contributed by atoms with Gasteiger partial charge >= 0.3 is 5.97 Å². The minimum absolute atomic E-state index is 0.137. The summed E-state index contributed by atoms with van der Waals surface area (Å²) in [6.07, 6.45) is -2.24. The van der Waals surface area contributed by atoms with E-state index in [0.717, 1.165) is 0 Å². The van der Waals surface area contributed by atoms with Gasteiger partial charge in [-0.1, -0.05) is 0 Å². The second kappa shape index (κ2) is 7.59. The molecular formula is C11H20N2O5S. The predicted molar refractivity (Wildman–Crippen MR) is 71.6 cm³/mol. The van der Waals surface area contributed by atoms with Crippen molar-refractivity contribution in [1.82, 2.24) is 10.6 Å². The first-order chi connectivity index (χ1) is 8.99. The number of rotatable bonds is 4. The third kappa shape index (κ3) is 4.57. The van der Waals surface area contributed by atoms with Crippen LogP contribution in [0.1, 0.15) is 12.8 Å². The van der Waals surface area contributed by atoms with Crippen molar-refractivity contribution in [1.29, 1.82) is 0 Å². The Hall–Kier alpha value is -0.960. The van der Waals surface area contributed by atoms with Crippen LogP contribution in [-0.2, 0) is 14.3 Å². The Morgan fingerprint density at radius 2 is 2.16 bits per heavy atom. The van der Waals surface area contributed by atoms with Gasteiger partial charge in [0.2, 0.25) is 0 Å². The molecule has 0 aromatic carbocycles. The third-order valence-electron chi connectivity index (χ3n) is 3.04. The first-order valence-corrected chi connectivity index (χ1v) is 6.43. The number of nitrogens with one attached hydrogen (secondary N) is 2. The molecule has 0 aromatic rings. The van der Waals surface area contributed by atoms with E-state index < -0.39 is 24.4 Å². The van der Waals surface area contributed by atoms with Crippen LogP contribution in [0.2, 0.25) is 0 Å². The van der Waals surface area contributed by atoms with E-state index in [1.165, 1.54) is 7.11 Å². The van der Waals surface area contributed by atoms with Gasteiger partial charge in [0.15, 0.2) is 5.11 Å². The van der Waals surface area contributed by atoms with Crippen molar-refractivity contribution >= 4 is 23.3 Å². The molecule has 1 saturated heterocycles. The summed E-state index contributed by atoms with van der Waals surface area (Å²) in [4.78, 5) is 11.0. The first kappa shape index (κ1) is 16.1. The van der Waals surface area contributed by atoms with Crippen LogP contribution in [0.15, 0.2) is 0 Å². The van der Waals surface area contributed by atoms with Gasteiger partial charge in [-0.2, -0.15) is 0 Å². The highest BCUT2D eigenvalue weighted by Crippen LogP contribution is 2.19. The van der Waals surface area contributed by atoms with Crippen LogP contribution in [0.3, 0.4) is 0 Å². The number of aliphatic hydroxyl groups excluding tert-OH is 2. The van der Waals surface area contributed by atoms with Crippen molar-refractivity contribution in [3.8, 4) is 0 Å². The Morgan fingerprint density at radius 1 is 1.47 bits per heavy atom. The highest BCUT2D eigenvalue weighted by Gasteiger charge is 2.38. The summed E-state index contributed by atoms with van der Waals surface area (Å²) >= 11 is 4.93. The number of ether oxygens (including phenoxy) is 2. The minimum atomic E-state index is -1.07. The van der Waals surface area contributed by atoms with Gasteiger partial charge in [-0.15, -0.1) is 0 Å². The molecule has 1 aliphatic rings. The molecule has 0 aromatic heterocycles. The molecule has 110 valence electrons. The summed E-state index contributed by atoms with van der Waals surface area (Å²) in [5, 5.41) is 25.9. The summed E-state index contributed by atoms with van der Waals surface area (Å²) in [5.74, 6) is -0.373. The topological polar surface area (TPSA) is 100 Å². The quantitative estimate of drug-likeness (QED) is 0.368. The zero-order chi connectivity index (χ0) is 14.4. The Bertz CT molecular complexity index is 326. The van der Waals surface area contributed by atoms with E-state index in [-0.39, 0.29) is 19.0 Å². The zero-order valence-electron chi connectivity index (χ0n) is 11.0. The van der Waals surface area contributed by atoms with Crippen molar-refractivity contribution in [3.05, 3.63) is 0 Å². The van der Waals surface area contributed by atoms with Crippen LogP contribution in [0.5, 0.6) is 0 Å². The second-order valence-corrected chi connectivity index (χ2v) is 4.71. The summed E-state index contributed by atoms with van der Waals surface area (Å²) in [7, 11) is 2.95. The number of thiocarbonyl (C=S) groups is 1. The Labute approximate surface area is 117 Å². The molecule has 4 atom stereocenters. The van der Waals surface area contributed by atoms with E-state index in [4.69, 9.17) is 17.0 Å². The normalized spacial score (nSPS) is 30.5. The maximum Gasteiger partial charge on any atom is 0.305 e. The van der Waals surface area contributed by atoms with E-state index in [1.54, 1.807) is 7.05 Å². The first-order valence-electron chi connectivity index (χ1n) is 6.02. The van der Waals surface area contributed by atoms with Gasteiger partial charge in [0.1, 0.15) is 12.2 Å². The standard InChI is InChI=1S/C11H20N2O5S/c1-12-11(19)13-6-5-18-7(10(16)9(6)15)3-4-8(14)17-2/h6-7,9-10,15-16H,3-5H2,1-2H3,(H2,12,13,19). The lowest BCUT2D eigenvalue weighted by molar-refractivity contribution is -0.156. The molecule has 1 rings (SSSR count). The van der Waals surface area contributed by atoms with Crippen LogP contribution in [-0.4, -0.2) is 66.4 Å². The second-order valence-electron chi connectivity index (χ2n) is 4.30. The van der Waals surface area contributed by atoms with Crippen molar-refractivity contribution in [3.63, 3.8) is 0 Å². The van der Waals surface area contributed by atoms with Crippen molar-refractivity contribution in [2.24, 2.45) is 0 Å². The molecule has 0 amide bonds. The highest BCUT2D eigenvalue weighted by molar-refractivity contribution is 7.80. The summed E-state index contributed by atoms with van der Waals surface area (Å²) in [6.45, 7) is 0.200. The number of carbonyl (C=O) groups is 1. The Kier molecular flexibility index (Phi) is 6.43. The van der Waals surface area contributed by atoms with Gasteiger partial charge in [-0.25, -0.2) is 0 Å². The molecule has 0 aliphatic carbocycles. The maximum absolute atomic E-state index is 11.0. The van der Waals surface area contributed by atoms with Crippen molar-refractivity contribution < 1.29 is 24.5 Å². The fraction of sp³-hybridized carbons (Fsp3) is 0.818. The molecule has 0 spiro atoms. The summed E-state index contributed by atoms with van der Waals surface area (Å²) < 4.78 is 9.96. The molecule has 0 saturated carbocycles. The molecule has 19 heavy (non-hydrogen) atoms. The van der Waals surface area contributed by atoms with E-state index in [0.29, 0.717) is 11.5 Å². The fourth-order valence-corrected chi connectivity index (χ4v) is 2.02. The van der Waals surface area contributed by atoms with E-state index in [9.17, 15) is 15.0 Å². The molecule has 4 unspecified atom stereocenters.